The van der Waals surface area contributed by atoms with Crippen LogP contribution in [0.3, 0.4) is 0 Å². The van der Waals surface area contributed by atoms with Gasteiger partial charge in [-0.2, -0.15) is 13.2 Å². The van der Waals surface area contributed by atoms with E-state index in [9.17, 15) is 18.0 Å². The number of halogens is 3. The Labute approximate surface area is 121 Å². The van der Waals surface area contributed by atoms with Crippen LogP contribution in [0, 0.1) is 18.8 Å². The minimum Gasteiger partial charge on any atom is -0.399 e. The zero-order valence-electron chi connectivity index (χ0n) is 11.8. The van der Waals surface area contributed by atoms with Crippen molar-refractivity contribution < 1.29 is 18.0 Å². The summed E-state index contributed by atoms with van der Waals surface area (Å²) >= 11 is 0. The normalized spacial score (nSPS) is 22.9. The molecule has 0 bridgehead atoms. The molecule has 116 valence electrons. The molecule has 0 aliphatic heterocycles. The van der Waals surface area contributed by atoms with Crippen LogP contribution in [0.4, 0.5) is 24.5 Å². The van der Waals surface area contributed by atoms with Gasteiger partial charge in [0, 0.05) is 17.3 Å². The second-order valence-corrected chi connectivity index (χ2v) is 5.60. The molecule has 1 saturated carbocycles. The van der Waals surface area contributed by atoms with Crippen molar-refractivity contribution in [1.29, 1.82) is 0 Å². The second kappa shape index (κ2) is 5.95. The fraction of sp³-hybridized carbons (Fsp3) is 0.533. The van der Waals surface area contributed by atoms with E-state index in [1.807, 2.05) is 0 Å². The molecule has 3 N–H and O–H groups in total. The zero-order chi connectivity index (χ0) is 15.6. The molecular formula is C15H19F3N2O. The van der Waals surface area contributed by atoms with Crippen LogP contribution in [-0.2, 0) is 4.79 Å². The molecule has 6 heteroatoms. The molecule has 0 heterocycles. The van der Waals surface area contributed by atoms with Crippen molar-refractivity contribution in [3.63, 3.8) is 0 Å². The van der Waals surface area contributed by atoms with Crippen molar-refractivity contribution in [2.75, 3.05) is 11.1 Å². The average Bonchev–Trinajstić information content (AvgIpc) is 2.41. The van der Waals surface area contributed by atoms with Gasteiger partial charge in [-0.25, -0.2) is 0 Å². The molecule has 1 aliphatic rings. The van der Waals surface area contributed by atoms with E-state index in [2.05, 4.69) is 5.32 Å². The first-order chi connectivity index (χ1) is 9.79. The summed E-state index contributed by atoms with van der Waals surface area (Å²) < 4.78 is 39.1. The SMILES string of the molecule is Cc1cc(N)ccc1NC(=O)C1CCCCC1C(F)(F)F. The van der Waals surface area contributed by atoms with Crippen molar-refractivity contribution in [1.82, 2.24) is 0 Å². The lowest BCUT2D eigenvalue weighted by molar-refractivity contribution is -0.197. The number of aryl methyl sites for hydroxylation is 1. The van der Waals surface area contributed by atoms with Gasteiger partial charge >= 0.3 is 6.18 Å². The van der Waals surface area contributed by atoms with Crippen LogP contribution < -0.4 is 11.1 Å². The molecule has 2 rings (SSSR count). The number of carbonyl (C=O) groups excluding carboxylic acids is 1. The Bertz CT molecular complexity index is 528. The Morgan fingerprint density at radius 3 is 2.57 bits per heavy atom. The fourth-order valence-electron chi connectivity index (χ4n) is 2.89. The summed E-state index contributed by atoms with van der Waals surface area (Å²) in [5.41, 5.74) is 7.42. The van der Waals surface area contributed by atoms with Gasteiger partial charge in [0.1, 0.15) is 0 Å². The average molecular weight is 300 g/mol. The number of nitrogens with one attached hydrogen (secondary N) is 1. The minimum absolute atomic E-state index is 0.0301. The van der Waals surface area contributed by atoms with E-state index >= 15 is 0 Å². The van der Waals surface area contributed by atoms with Gasteiger partial charge in [0.05, 0.1) is 5.92 Å². The van der Waals surface area contributed by atoms with Gasteiger partial charge < -0.3 is 11.1 Å². The van der Waals surface area contributed by atoms with Crippen LogP contribution in [-0.4, -0.2) is 12.1 Å². The van der Waals surface area contributed by atoms with Crippen LogP contribution in [0.1, 0.15) is 31.2 Å². The summed E-state index contributed by atoms with van der Waals surface area (Å²) in [4.78, 5) is 12.2. The fourth-order valence-corrected chi connectivity index (χ4v) is 2.89. The summed E-state index contributed by atoms with van der Waals surface area (Å²) in [6.07, 6.45) is -2.83. The maximum Gasteiger partial charge on any atom is 0.392 e. The lowest BCUT2D eigenvalue weighted by Crippen LogP contribution is -2.39. The van der Waals surface area contributed by atoms with E-state index in [4.69, 9.17) is 5.73 Å². The quantitative estimate of drug-likeness (QED) is 0.814. The van der Waals surface area contributed by atoms with E-state index in [1.165, 1.54) is 0 Å². The maximum atomic E-state index is 13.0. The molecule has 0 aromatic heterocycles. The lowest BCUT2D eigenvalue weighted by atomic mass is 9.78. The number of nitrogens with two attached hydrogens (primary N) is 1. The van der Waals surface area contributed by atoms with Crippen molar-refractivity contribution in [3.8, 4) is 0 Å². The maximum absolute atomic E-state index is 13.0. The van der Waals surface area contributed by atoms with Gasteiger partial charge in [0.15, 0.2) is 0 Å². The number of hydrogen-bond acceptors (Lipinski definition) is 2. The standard InChI is InChI=1S/C15H19F3N2O/c1-9-8-10(19)6-7-13(9)20-14(21)11-4-2-3-5-12(11)15(16,17)18/h6-8,11-12H,2-5,19H2,1H3,(H,20,21). The molecule has 2 unspecified atom stereocenters. The van der Waals surface area contributed by atoms with Crippen molar-refractivity contribution in [3.05, 3.63) is 23.8 Å². The van der Waals surface area contributed by atoms with E-state index < -0.39 is 23.9 Å². The highest BCUT2D eigenvalue weighted by Crippen LogP contribution is 2.42. The van der Waals surface area contributed by atoms with Gasteiger partial charge in [-0.3, -0.25) is 4.79 Å². The Hall–Kier alpha value is -1.72. The number of amides is 1. The number of anilines is 2. The monoisotopic (exact) mass is 300 g/mol. The third kappa shape index (κ3) is 3.68. The number of alkyl halides is 3. The summed E-state index contributed by atoms with van der Waals surface area (Å²) in [6, 6.07) is 4.91. The number of nitrogen functional groups attached to an aromatic ring is 1. The second-order valence-electron chi connectivity index (χ2n) is 5.60. The van der Waals surface area contributed by atoms with Crippen molar-refractivity contribution >= 4 is 17.3 Å². The number of hydrogen-bond donors (Lipinski definition) is 2. The molecule has 3 nitrogen and oxygen atoms in total. The Balaban J connectivity index is 2.14. The van der Waals surface area contributed by atoms with Gasteiger partial charge in [-0.15, -0.1) is 0 Å². The number of rotatable bonds is 2. The third-order valence-electron chi connectivity index (χ3n) is 4.03. The highest BCUT2D eigenvalue weighted by molar-refractivity contribution is 5.93. The molecule has 1 aromatic rings. The molecular weight excluding hydrogens is 281 g/mol. The first-order valence-electron chi connectivity index (χ1n) is 7.02. The Kier molecular flexibility index (Phi) is 4.44. The van der Waals surface area contributed by atoms with Crippen LogP contribution in [0.15, 0.2) is 18.2 Å². The molecule has 1 fully saturated rings. The molecule has 0 spiro atoms. The van der Waals surface area contributed by atoms with Crippen LogP contribution in [0.25, 0.3) is 0 Å². The highest BCUT2D eigenvalue weighted by Gasteiger charge is 2.48. The summed E-state index contributed by atoms with van der Waals surface area (Å²) in [7, 11) is 0. The van der Waals surface area contributed by atoms with Gasteiger partial charge in [0.2, 0.25) is 5.91 Å². The van der Waals surface area contributed by atoms with E-state index in [0.717, 1.165) is 5.56 Å². The van der Waals surface area contributed by atoms with Crippen LogP contribution in [0.2, 0.25) is 0 Å². The summed E-state index contributed by atoms with van der Waals surface area (Å²) in [5.74, 6) is -3.10. The van der Waals surface area contributed by atoms with E-state index in [-0.39, 0.29) is 12.8 Å². The topological polar surface area (TPSA) is 55.1 Å². The van der Waals surface area contributed by atoms with Crippen LogP contribution >= 0.6 is 0 Å². The van der Waals surface area contributed by atoms with E-state index in [0.29, 0.717) is 24.2 Å². The smallest absolute Gasteiger partial charge is 0.392 e. The zero-order valence-corrected chi connectivity index (χ0v) is 11.8. The highest BCUT2D eigenvalue weighted by atomic mass is 19.4. The molecule has 2 atom stereocenters. The predicted octanol–water partition coefficient (Wildman–Crippen LogP) is 3.88. The molecule has 1 amide bonds. The summed E-state index contributed by atoms with van der Waals surface area (Å²) in [6.45, 7) is 1.76. The lowest BCUT2D eigenvalue weighted by Gasteiger charge is -2.32. The summed E-state index contributed by atoms with van der Waals surface area (Å²) in [5, 5.41) is 2.61. The molecule has 0 radical (unpaired) electrons. The Morgan fingerprint density at radius 2 is 1.95 bits per heavy atom. The molecule has 1 aromatic carbocycles. The van der Waals surface area contributed by atoms with E-state index in [1.54, 1.807) is 25.1 Å². The first kappa shape index (κ1) is 15.7. The minimum atomic E-state index is -4.32. The molecule has 21 heavy (non-hydrogen) atoms. The van der Waals surface area contributed by atoms with Crippen LogP contribution in [0.5, 0.6) is 0 Å². The Morgan fingerprint density at radius 1 is 1.29 bits per heavy atom. The largest absolute Gasteiger partial charge is 0.399 e. The molecule has 0 saturated heterocycles. The van der Waals surface area contributed by atoms with Gasteiger partial charge in [0.25, 0.3) is 0 Å². The van der Waals surface area contributed by atoms with Gasteiger partial charge in [-0.1, -0.05) is 12.8 Å². The van der Waals surface area contributed by atoms with Crippen molar-refractivity contribution in [2.45, 2.75) is 38.8 Å². The molecule has 1 aliphatic carbocycles. The van der Waals surface area contributed by atoms with Crippen molar-refractivity contribution in [2.24, 2.45) is 11.8 Å². The van der Waals surface area contributed by atoms with Gasteiger partial charge in [-0.05, 0) is 43.5 Å². The predicted molar refractivity (Wildman–Crippen MR) is 75.7 cm³/mol. The first-order valence-corrected chi connectivity index (χ1v) is 7.02. The third-order valence-corrected chi connectivity index (χ3v) is 4.03. The number of benzene rings is 1. The number of carbonyl (C=O) groups is 1.